The molecule has 2 aromatic carbocycles. The summed E-state index contributed by atoms with van der Waals surface area (Å²) in [5.74, 6) is -2.21. The van der Waals surface area contributed by atoms with Crippen LogP contribution in [-0.2, 0) is 0 Å². The maximum Gasteiger partial charge on any atom is 0.167 e. The van der Waals surface area contributed by atoms with E-state index >= 15 is 0 Å². The van der Waals surface area contributed by atoms with E-state index in [4.69, 9.17) is 4.74 Å². The van der Waals surface area contributed by atoms with Crippen molar-refractivity contribution in [2.24, 2.45) is 0 Å². The van der Waals surface area contributed by atoms with Crippen LogP contribution in [0.4, 0.5) is 18.9 Å². The summed E-state index contributed by atoms with van der Waals surface area (Å²) in [6, 6.07) is 7.78. The van der Waals surface area contributed by atoms with Crippen LogP contribution in [0.25, 0.3) is 0 Å². The fraction of sp³-hybridized carbons (Fsp3) is 0.200. The Bertz CT molecular complexity index is 616. The molecule has 0 amide bonds. The highest BCUT2D eigenvalue weighted by Gasteiger charge is 2.14. The molecule has 1 unspecified atom stereocenters. The minimum absolute atomic E-state index is 0.125. The lowest BCUT2D eigenvalue weighted by Crippen LogP contribution is -2.09. The average Bonchev–Trinajstić information content (AvgIpc) is 2.42. The third-order valence-corrected chi connectivity index (χ3v) is 2.98. The van der Waals surface area contributed by atoms with Crippen LogP contribution in [0.5, 0.6) is 5.75 Å². The van der Waals surface area contributed by atoms with E-state index in [2.05, 4.69) is 5.32 Å². The van der Waals surface area contributed by atoms with E-state index in [1.165, 1.54) is 31.4 Å². The van der Waals surface area contributed by atoms with E-state index in [0.29, 0.717) is 5.69 Å². The van der Waals surface area contributed by atoms with Crippen molar-refractivity contribution in [3.05, 3.63) is 59.4 Å². The number of methoxy groups -OCH3 is 1. The molecule has 106 valence electrons. The number of nitrogens with one attached hydrogen (secondary N) is 1. The Kier molecular flexibility index (Phi) is 4.17. The Morgan fingerprint density at radius 3 is 2.45 bits per heavy atom. The zero-order chi connectivity index (χ0) is 14.7. The molecule has 0 radical (unpaired) electrons. The maximum absolute atomic E-state index is 13.6. The maximum atomic E-state index is 13.6. The molecule has 0 heterocycles. The largest absolute Gasteiger partial charge is 0.494 e. The second kappa shape index (κ2) is 5.86. The van der Waals surface area contributed by atoms with Crippen molar-refractivity contribution in [2.45, 2.75) is 13.0 Å². The van der Waals surface area contributed by atoms with Crippen molar-refractivity contribution in [1.29, 1.82) is 0 Å². The van der Waals surface area contributed by atoms with Gasteiger partial charge in [-0.05, 0) is 25.1 Å². The number of ether oxygens (including phenoxy) is 1. The number of rotatable bonds is 4. The zero-order valence-electron chi connectivity index (χ0n) is 11.1. The first-order valence-corrected chi connectivity index (χ1v) is 6.07. The summed E-state index contributed by atoms with van der Waals surface area (Å²) in [6.07, 6.45) is 0. The minimum atomic E-state index is -0.905. The molecule has 0 saturated carbocycles. The lowest BCUT2D eigenvalue weighted by Gasteiger charge is -2.17. The smallest absolute Gasteiger partial charge is 0.167 e. The Labute approximate surface area is 115 Å². The van der Waals surface area contributed by atoms with Crippen LogP contribution in [0.3, 0.4) is 0 Å². The van der Waals surface area contributed by atoms with Crippen LogP contribution in [0.2, 0.25) is 0 Å². The third kappa shape index (κ3) is 2.87. The third-order valence-electron chi connectivity index (χ3n) is 2.98. The summed E-state index contributed by atoms with van der Waals surface area (Å²) < 4.78 is 45.2. The van der Waals surface area contributed by atoms with Gasteiger partial charge in [-0.3, -0.25) is 0 Å². The normalized spacial score (nSPS) is 12.1. The van der Waals surface area contributed by atoms with Gasteiger partial charge in [0.2, 0.25) is 0 Å². The Morgan fingerprint density at radius 1 is 1.05 bits per heavy atom. The van der Waals surface area contributed by atoms with E-state index in [1.54, 1.807) is 13.0 Å². The molecule has 0 fully saturated rings. The van der Waals surface area contributed by atoms with Gasteiger partial charge in [0.25, 0.3) is 0 Å². The second-order valence-corrected chi connectivity index (χ2v) is 4.36. The van der Waals surface area contributed by atoms with E-state index in [-0.39, 0.29) is 11.3 Å². The number of anilines is 1. The summed E-state index contributed by atoms with van der Waals surface area (Å²) in [5, 5.41) is 2.92. The van der Waals surface area contributed by atoms with E-state index in [1.807, 2.05) is 0 Å². The van der Waals surface area contributed by atoms with Crippen LogP contribution in [0.1, 0.15) is 18.5 Å². The molecule has 1 atom stereocenters. The molecule has 1 N–H and O–H groups in total. The van der Waals surface area contributed by atoms with Crippen molar-refractivity contribution in [2.75, 3.05) is 12.4 Å². The lowest BCUT2D eigenvalue weighted by molar-refractivity contribution is 0.386. The van der Waals surface area contributed by atoms with Gasteiger partial charge in [-0.1, -0.05) is 12.1 Å². The molecule has 2 rings (SSSR count). The molecule has 2 nitrogen and oxygen atoms in total. The van der Waals surface area contributed by atoms with E-state index in [9.17, 15) is 13.2 Å². The van der Waals surface area contributed by atoms with Gasteiger partial charge in [-0.15, -0.1) is 0 Å². The van der Waals surface area contributed by atoms with Crippen molar-refractivity contribution >= 4 is 5.69 Å². The van der Waals surface area contributed by atoms with Gasteiger partial charge in [0.1, 0.15) is 0 Å². The first-order valence-electron chi connectivity index (χ1n) is 6.07. The highest BCUT2D eigenvalue weighted by atomic mass is 19.2. The fourth-order valence-corrected chi connectivity index (χ4v) is 1.94. The lowest BCUT2D eigenvalue weighted by atomic mass is 10.1. The molecule has 5 heteroatoms. The van der Waals surface area contributed by atoms with Crippen molar-refractivity contribution in [3.8, 4) is 5.75 Å². The van der Waals surface area contributed by atoms with Gasteiger partial charge in [0.15, 0.2) is 23.2 Å². The topological polar surface area (TPSA) is 21.3 Å². The van der Waals surface area contributed by atoms with Crippen LogP contribution in [-0.4, -0.2) is 7.11 Å². The highest BCUT2D eigenvalue weighted by Crippen LogP contribution is 2.26. The molecule has 0 spiro atoms. The molecular formula is C15H14F3NO. The number of halogens is 3. The van der Waals surface area contributed by atoms with Gasteiger partial charge < -0.3 is 10.1 Å². The Morgan fingerprint density at radius 2 is 1.80 bits per heavy atom. The zero-order valence-corrected chi connectivity index (χ0v) is 11.1. The van der Waals surface area contributed by atoms with Gasteiger partial charge in [0.05, 0.1) is 13.2 Å². The van der Waals surface area contributed by atoms with Gasteiger partial charge in [-0.2, -0.15) is 0 Å². The summed E-state index contributed by atoms with van der Waals surface area (Å²) in [4.78, 5) is 0. The SMILES string of the molecule is COc1ccc(NC(C)c2cccc(F)c2F)cc1F. The van der Waals surface area contributed by atoms with Crippen LogP contribution in [0, 0.1) is 17.5 Å². The van der Waals surface area contributed by atoms with E-state index in [0.717, 1.165) is 6.07 Å². The van der Waals surface area contributed by atoms with Gasteiger partial charge >= 0.3 is 0 Å². The minimum Gasteiger partial charge on any atom is -0.494 e. The predicted octanol–water partition coefficient (Wildman–Crippen LogP) is 4.29. The molecule has 20 heavy (non-hydrogen) atoms. The molecule has 0 aliphatic rings. The fourth-order valence-electron chi connectivity index (χ4n) is 1.94. The van der Waals surface area contributed by atoms with Crippen LogP contribution >= 0.6 is 0 Å². The molecule has 0 bridgehead atoms. The molecule has 0 aliphatic carbocycles. The van der Waals surface area contributed by atoms with Gasteiger partial charge in [-0.25, -0.2) is 13.2 Å². The summed E-state index contributed by atoms with van der Waals surface area (Å²) in [7, 11) is 1.37. The van der Waals surface area contributed by atoms with Crippen molar-refractivity contribution in [1.82, 2.24) is 0 Å². The summed E-state index contributed by atoms with van der Waals surface area (Å²) in [6.45, 7) is 1.67. The summed E-state index contributed by atoms with van der Waals surface area (Å²) >= 11 is 0. The molecule has 0 aliphatic heterocycles. The quantitative estimate of drug-likeness (QED) is 0.902. The molecular weight excluding hydrogens is 267 g/mol. The molecule has 0 aromatic heterocycles. The summed E-state index contributed by atoms with van der Waals surface area (Å²) in [5.41, 5.74) is 0.640. The monoisotopic (exact) mass is 281 g/mol. The first-order chi connectivity index (χ1) is 9.52. The second-order valence-electron chi connectivity index (χ2n) is 4.36. The standard InChI is InChI=1S/C15H14F3NO/c1-9(11-4-3-5-12(16)15(11)18)19-10-6-7-14(20-2)13(17)8-10/h3-9,19H,1-2H3. The number of hydrogen-bond acceptors (Lipinski definition) is 2. The average molecular weight is 281 g/mol. The Hall–Kier alpha value is -2.17. The molecule has 0 saturated heterocycles. The Balaban J connectivity index is 2.21. The number of benzene rings is 2. The van der Waals surface area contributed by atoms with Crippen LogP contribution < -0.4 is 10.1 Å². The van der Waals surface area contributed by atoms with E-state index < -0.39 is 23.5 Å². The van der Waals surface area contributed by atoms with Crippen molar-refractivity contribution in [3.63, 3.8) is 0 Å². The van der Waals surface area contributed by atoms with Gasteiger partial charge in [0, 0.05) is 17.3 Å². The molecule has 2 aromatic rings. The first kappa shape index (κ1) is 14.2. The van der Waals surface area contributed by atoms with Crippen LogP contribution in [0.15, 0.2) is 36.4 Å². The predicted molar refractivity (Wildman–Crippen MR) is 71.3 cm³/mol. The highest BCUT2D eigenvalue weighted by molar-refractivity contribution is 5.49. The number of hydrogen-bond donors (Lipinski definition) is 1. The van der Waals surface area contributed by atoms with Crippen molar-refractivity contribution < 1.29 is 17.9 Å².